The van der Waals surface area contributed by atoms with E-state index in [1.165, 1.54) is 5.38 Å². The molecule has 0 fully saturated rings. The molecule has 1 aromatic rings. The molecule has 0 aliphatic rings. The number of Topliss-reactive ketones (excluding diaryl/α,β-unsaturated/α-hetero) is 1. The number of carbonyl (C=O) groups excluding carboxylic acids is 2. The van der Waals surface area contributed by atoms with Crippen LogP contribution in [-0.2, 0) is 4.74 Å². The van der Waals surface area contributed by atoms with Crippen LogP contribution < -0.4 is 0 Å². The van der Waals surface area contributed by atoms with Gasteiger partial charge in [-0.3, -0.25) is 4.79 Å². The van der Waals surface area contributed by atoms with Gasteiger partial charge in [0.1, 0.15) is 10.5 Å². The van der Waals surface area contributed by atoms with Crippen LogP contribution >= 0.6 is 27.3 Å². The van der Waals surface area contributed by atoms with E-state index in [0.29, 0.717) is 0 Å². The third-order valence-corrected chi connectivity index (χ3v) is 3.29. The second-order valence-corrected chi connectivity index (χ2v) is 7.03. The quantitative estimate of drug-likeness (QED) is 0.479. The first-order valence-corrected chi connectivity index (χ1v) is 7.11. The van der Waals surface area contributed by atoms with Gasteiger partial charge in [-0.15, -0.1) is 11.3 Å². The zero-order valence-electron chi connectivity index (χ0n) is 10.5. The number of ketones is 1. The summed E-state index contributed by atoms with van der Waals surface area (Å²) in [4.78, 5) is 22.7. The molecule has 1 unspecified atom stereocenters. The van der Waals surface area contributed by atoms with Crippen LogP contribution in [0.5, 0.6) is 0 Å². The molecule has 100 valence electrons. The number of ether oxygens (including phenoxy) is 1. The number of esters is 1. The highest BCUT2D eigenvalue weighted by molar-refractivity contribution is 9.10. The van der Waals surface area contributed by atoms with Gasteiger partial charge in [-0.25, -0.2) is 9.18 Å². The van der Waals surface area contributed by atoms with Crippen molar-refractivity contribution in [2.24, 2.45) is 0 Å². The van der Waals surface area contributed by atoms with Gasteiger partial charge in [-0.1, -0.05) is 15.9 Å². The minimum Gasteiger partial charge on any atom is -0.456 e. The molecule has 0 radical (unpaired) electrons. The molecule has 0 saturated carbocycles. The number of rotatable bonds is 3. The molecule has 0 N–H and O–H groups in total. The van der Waals surface area contributed by atoms with Gasteiger partial charge in [0.15, 0.2) is 11.6 Å². The largest absolute Gasteiger partial charge is 0.456 e. The van der Waals surface area contributed by atoms with E-state index in [1.807, 2.05) is 0 Å². The molecule has 0 bridgehead atoms. The highest BCUT2D eigenvalue weighted by atomic mass is 79.9. The maximum atomic E-state index is 13.9. The van der Waals surface area contributed by atoms with Gasteiger partial charge < -0.3 is 4.74 Å². The molecule has 3 nitrogen and oxygen atoms in total. The molecule has 1 heterocycles. The molecule has 0 spiro atoms. The van der Waals surface area contributed by atoms with E-state index in [1.54, 1.807) is 27.7 Å². The lowest BCUT2D eigenvalue weighted by molar-refractivity contribution is 0.00709. The molecule has 18 heavy (non-hydrogen) atoms. The Hall–Kier alpha value is -0.750. The maximum absolute atomic E-state index is 13.9. The summed E-state index contributed by atoms with van der Waals surface area (Å²) in [5.41, 5.74) is -0.773. The third kappa shape index (κ3) is 3.62. The number of alkyl halides is 1. The Morgan fingerprint density at radius 2 is 2.00 bits per heavy atom. The van der Waals surface area contributed by atoms with E-state index in [-0.39, 0.29) is 10.4 Å². The van der Waals surface area contributed by atoms with Crippen molar-refractivity contribution in [1.82, 2.24) is 0 Å². The number of halogens is 2. The van der Waals surface area contributed by atoms with E-state index in [4.69, 9.17) is 4.74 Å². The first-order valence-electron chi connectivity index (χ1n) is 5.32. The summed E-state index contributed by atoms with van der Waals surface area (Å²) in [6.45, 7) is 6.70. The second kappa shape index (κ2) is 5.48. The summed E-state index contributed by atoms with van der Waals surface area (Å²) < 4.78 is 19.0. The van der Waals surface area contributed by atoms with Crippen LogP contribution in [0, 0.1) is 5.82 Å². The van der Waals surface area contributed by atoms with Gasteiger partial charge in [0.2, 0.25) is 0 Å². The first-order chi connectivity index (χ1) is 8.13. The van der Waals surface area contributed by atoms with Gasteiger partial charge in [0.05, 0.1) is 10.4 Å². The fraction of sp³-hybridized carbons (Fsp3) is 0.500. The van der Waals surface area contributed by atoms with E-state index in [0.717, 1.165) is 11.3 Å². The summed E-state index contributed by atoms with van der Waals surface area (Å²) in [5, 5.41) is 1.34. The lowest BCUT2D eigenvalue weighted by Crippen LogP contribution is -2.24. The van der Waals surface area contributed by atoms with Gasteiger partial charge in [0, 0.05) is 5.38 Å². The monoisotopic (exact) mass is 336 g/mol. The van der Waals surface area contributed by atoms with Crippen molar-refractivity contribution in [3.05, 3.63) is 21.6 Å². The predicted molar refractivity (Wildman–Crippen MR) is 72.2 cm³/mol. The molecule has 6 heteroatoms. The predicted octanol–water partition coefficient (Wildman–Crippen LogP) is 3.81. The number of hydrogen-bond donors (Lipinski definition) is 0. The van der Waals surface area contributed by atoms with Crippen LogP contribution in [0.15, 0.2) is 5.38 Å². The van der Waals surface area contributed by atoms with Crippen LogP contribution in [0.25, 0.3) is 0 Å². The van der Waals surface area contributed by atoms with E-state index < -0.39 is 28.0 Å². The number of carbonyl (C=O) groups is 2. The van der Waals surface area contributed by atoms with Gasteiger partial charge in [0.25, 0.3) is 0 Å². The summed E-state index contributed by atoms with van der Waals surface area (Å²) in [6, 6.07) is 0. The lowest BCUT2D eigenvalue weighted by Gasteiger charge is -2.18. The van der Waals surface area contributed by atoms with Crippen molar-refractivity contribution in [1.29, 1.82) is 0 Å². The van der Waals surface area contributed by atoms with Gasteiger partial charge in [-0.05, 0) is 27.7 Å². The Labute approximate surface area is 117 Å². The van der Waals surface area contributed by atoms with Crippen molar-refractivity contribution in [3.8, 4) is 0 Å². The first kappa shape index (κ1) is 15.3. The van der Waals surface area contributed by atoms with Crippen molar-refractivity contribution >= 4 is 39.0 Å². The topological polar surface area (TPSA) is 43.4 Å². The van der Waals surface area contributed by atoms with E-state index >= 15 is 0 Å². The standard InChI is InChI=1S/C12H14BrFO3S/c1-6(13)9(15)7-5-18-10(8(7)14)11(16)17-12(2,3)4/h5-6H,1-4H3. The Kier molecular flexibility index (Phi) is 4.66. The average molecular weight is 337 g/mol. The Morgan fingerprint density at radius 1 is 1.44 bits per heavy atom. The molecule has 0 saturated heterocycles. The number of hydrogen-bond acceptors (Lipinski definition) is 4. The van der Waals surface area contributed by atoms with Crippen LogP contribution in [0.4, 0.5) is 4.39 Å². The zero-order valence-corrected chi connectivity index (χ0v) is 12.9. The molecule has 1 rings (SSSR count). The molecule has 0 aromatic carbocycles. The smallest absolute Gasteiger partial charge is 0.351 e. The maximum Gasteiger partial charge on any atom is 0.351 e. The SMILES string of the molecule is CC(Br)C(=O)c1csc(C(=O)OC(C)(C)C)c1F. The van der Waals surface area contributed by atoms with E-state index in [2.05, 4.69) is 15.9 Å². The molecule has 0 aliphatic carbocycles. The van der Waals surface area contributed by atoms with Crippen LogP contribution in [-0.4, -0.2) is 22.2 Å². The highest BCUT2D eigenvalue weighted by Gasteiger charge is 2.27. The van der Waals surface area contributed by atoms with Crippen LogP contribution in [0.3, 0.4) is 0 Å². The Bertz CT molecular complexity index is 474. The number of thiophene rings is 1. The highest BCUT2D eigenvalue weighted by Crippen LogP contribution is 2.25. The van der Waals surface area contributed by atoms with Crippen molar-refractivity contribution < 1.29 is 18.7 Å². The molecular formula is C12H14BrFO3S. The fourth-order valence-corrected chi connectivity index (χ4v) is 2.24. The molecule has 1 atom stereocenters. The summed E-state index contributed by atoms with van der Waals surface area (Å²) in [7, 11) is 0. The van der Waals surface area contributed by atoms with E-state index in [9.17, 15) is 14.0 Å². The molecule has 0 aliphatic heterocycles. The van der Waals surface area contributed by atoms with Crippen molar-refractivity contribution in [2.45, 2.75) is 38.1 Å². The van der Waals surface area contributed by atoms with Gasteiger partial charge >= 0.3 is 5.97 Å². The summed E-state index contributed by atoms with van der Waals surface area (Å²) in [6.07, 6.45) is 0. The molecular weight excluding hydrogens is 323 g/mol. The fourth-order valence-electron chi connectivity index (χ4n) is 1.19. The second-order valence-electron chi connectivity index (χ2n) is 4.77. The van der Waals surface area contributed by atoms with Gasteiger partial charge in [-0.2, -0.15) is 0 Å². The zero-order chi connectivity index (χ0) is 14.1. The summed E-state index contributed by atoms with van der Waals surface area (Å²) >= 11 is 3.96. The average Bonchev–Trinajstić information content (AvgIpc) is 2.56. The normalized spacial score (nSPS) is 13.2. The summed E-state index contributed by atoms with van der Waals surface area (Å²) in [5.74, 6) is -1.93. The van der Waals surface area contributed by atoms with Crippen molar-refractivity contribution in [3.63, 3.8) is 0 Å². The lowest BCUT2D eigenvalue weighted by atomic mass is 10.1. The minimum absolute atomic E-state index is 0.0785. The minimum atomic E-state index is -0.800. The Morgan fingerprint density at radius 3 is 2.44 bits per heavy atom. The third-order valence-electron chi connectivity index (χ3n) is 1.94. The van der Waals surface area contributed by atoms with Crippen LogP contribution in [0.2, 0.25) is 0 Å². The Balaban J connectivity index is 3.01. The van der Waals surface area contributed by atoms with Crippen LogP contribution in [0.1, 0.15) is 47.7 Å². The molecule has 1 aromatic heterocycles. The van der Waals surface area contributed by atoms with Crippen molar-refractivity contribution in [2.75, 3.05) is 0 Å². The molecule has 0 amide bonds.